The summed E-state index contributed by atoms with van der Waals surface area (Å²) >= 11 is 0. The second kappa shape index (κ2) is 5.60. The van der Waals surface area contributed by atoms with Gasteiger partial charge in [0.15, 0.2) is 0 Å². The third-order valence-corrected chi connectivity index (χ3v) is 3.01. The number of H-pyrrole nitrogens is 1. The van der Waals surface area contributed by atoms with E-state index in [4.69, 9.17) is 5.11 Å². The lowest BCUT2D eigenvalue weighted by Crippen LogP contribution is -2.17. The zero-order chi connectivity index (χ0) is 14.7. The maximum atomic E-state index is 11.8. The van der Waals surface area contributed by atoms with Crippen LogP contribution in [-0.4, -0.2) is 33.7 Å². The first-order chi connectivity index (χ1) is 9.52. The van der Waals surface area contributed by atoms with E-state index in [1.165, 1.54) is 23.8 Å². The molecule has 0 atom stereocenters. The molecule has 0 saturated heterocycles. The van der Waals surface area contributed by atoms with Gasteiger partial charge in [-0.25, -0.2) is 9.59 Å². The van der Waals surface area contributed by atoms with Crippen LogP contribution in [0, 0.1) is 0 Å². The van der Waals surface area contributed by atoms with Gasteiger partial charge in [-0.05, 0) is 24.6 Å². The van der Waals surface area contributed by atoms with Crippen LogP contribution < -0.4 is 5.69 Å². The molecule has 0 saturated carbocycles. The number of methoxy groups -OCH3 is 1. The van der Waals surface area contributed by atoms with E-state index in [1.54, 1.807) is 6.07 Å². The summed E-state index contributed by atoms with van der Waals surface area (Å²) in [6.45, 7) is 0.361. The van der Waals surface area contributed by atoms with Gasteiger partial charge in [-0.15, -0.1) is 0 Å². The minimum absolute atomic E-state index is 0.112. The molecular formula is C13H14N2O5. The molecular weight excluding hydrogens is 264 g/mol. The zero-order valence-electron chi connectivity index (χ0n) is 10.9. The maximum absolute atomic E-state index is 11.8. The number of imidazole rings is 1. The fourth-order valence-electron chi connectivity index (χ4n) is 2.00. The average Bonchev–Trinajstić information content (AvgIpc) is 2.73. The molecule has 1 aromatic heterocycles. The summed E-state index contributed by atoms with van der Waals surface area (Å²) in [7, 11) is 1.31. The number of fused-ring (bicyclic) bond motifs is 1. The van der Waals surface area contributed by atoms with E-state index >= 15 is 0 Å². The van der Waals surface area contributed by atoms with Crippen molar-refractivity contribution in [3.8, 4) is 0 Å². The molecule has 2 rings (SSSR count). The molecule has 7 heteroatoms. The molecule has 0 spiro atoms. The van der Waals surface area contributed by atoms with Gasteiger partial charge in [0.2, 0.25) is 0 Å². The Labute approximate surface area is 113 Å². The van der Waals surface area contributed by atoms with Crippen molar-refractivity contribution in [1.29, 1.82) is 0 Å². The van der Waals surface area contributed by atoms with E-state index < -0.39 is 5.97 Å². The number of ether oxygens (including phenoxy) is 1. The van der Waals surface area contributed by atoms with E-state index in [0.29, 0.717) is 24.0 Å². The van der Waals surface area contributed by atoms with Crippen LogP contribution in [0.3, 0.4) is 0 Å². The van der Waals surface area contributed by atoms with Crippen LogP contribution >= 0.6 is 0 Å². The lowest BCUT2D eigenvalue weighted by molar-refractivity contribution is -0.140. The number of nitrogens with zero attached hydrogens (tertiary/aromatic N) is 1. The van der Waals surface area contributed by atoms with Crippen LogP contribution in [-0.2, 0) is 16.1 Å². The van der Waals surface area contributed by atoms with Gasteiger partial charge in [-0.2, -0.15) is 0 Å². The molecule has 20 heavy (non-hydrogen) atoms. The second-order valence-corrected chi connectivity index (χ2v) is 4.30. The van der Waals surface area contributed by atoms with Gasteiger partial charge in [0.05, 0.1) is 23.7 Å². The standard InChI is InChI=1S/C13H14N2O5/c1-20-11(16)3-2-6-15-10-5-4-8(12(17)18)7-9(10)14-13(15)19/h4-5,7H,2-3,6H2,1H3,(H,14,19)(H,17,18). The van der Waals surface area contributed by atoms with Crippen molar-refractivity contribution in [2.75, 3.05) is 7.11 Å². The highest BCUT2D eigenvalue weighted by Crippen LogP contribution is 2.13. The quantitative estimate of drug-likeness (QED) is 0.794. The van der Waals surface area contributed by atoms with Gasteiger partial charge < -0.3 is 14.8 Å². The molecule has 0 amide bonds. The zero-order valence-corrected chi connectivity index (χ0v) is 10.9. The van der Waals surface area contributed by atoms with E-state index in [-0.39, 0.29) is 23.6 Å². The normalized spacial score (nSPS) is 10.7. The van der Waals surface area contributed by atoms with Crippen LogP contribution in [0.15, 0.2) is 23.0 Å². The Kier molecular flexibility index (Phi) is 3.88. The predicted molar refractivity (Wildman–Crippen MR) is 70.8 cm³/mol. The molecule has 2 N–H and O–H groups in total. The monoisotopic (exact) mass is 278 g/mol. The summed E-state index contributed by atoms with van der Waals surface area (Å²) in [5, 5.41) is 8.90. The number of esters is 1. The molecule has 0 fully saturated rings. The number of carbonyl (C=O) groups excluding carboxylic acids is 1. The molecule has 0 bridgehead atoms. The Morgan fingerprint density at radius 2 is 2.15 bits per heavy atom. The summed E-state index contributed by atoms with van der Waals surface area (Å²) in [5.74, 6) is -1.38. The first-order valence-electron chi connectivity index (χ1n) is 6.05. The number of carboxylic acids is 1. The number of aromatic nitrogens is 2. The molecule has 1 heterocycles. The van der Waals surface area contributed by atoms with Crippen LogP contribution in [0.5, 0.6) is 0 Å². The number of aromatic amines is 1. The van der Waals surface area contributed by atoms with Crippen molar-refractivity contribution in [2.45, 2.75) is 19.4 Å². The van der Waals surface area contributed by atoms with E-state index in [9.17, 15) is 14.4 Å². The second-order valence-electron chi connectivity index (χ2n) is 4.30. The van der Waals surface area contributed by atoms with Crippen molar-refractivity contribution in [1.82, 2.24) is 9.55 Å². The first-order valence-corrected chi connectivity index (χ1v) is 6.05. The molecule has 0 aliphatic carbocycles. The van der Waals surface area contributed by atoms with E-state index in [1.807, 2.05) is 0 Å². The van der Waals surface area contributed by atoms with Gasteiger partial charge in [0.1, 0.15) is 0 Å². The summed E-state index contributed by atoms with van der Waals surface area (Å²) in [6.07, 6.45) is 0.697. The van der Waals surface area contributed by atoms with Crippen molar-refractivity contribution in [3.05, 3.63) is 34.2 Å². The van der Waals surface area contributed by atoms with Gasteiger partial charge >= 0.3 is 17.6 Å². The van der Waals surface area contributed by atoms with E-state index in [2.05, 4.69) is 9.72 Å². The first kappa shape index (κ1) is 13.9. The third kappa shape index (κ3) is 2.71. The van der Waals surface area contributed by atoms with Crippen molar-refractivity contribution >= 4 is 23.0 Å². The van der Waals surface area contributed by atoms with Gasteiger partial charge in [0, 0.05) is 13.0 Å². The SMILES string of the molecule is COC(=O)CCCn1c(=O)[nH]c2cc(C(=O)O)ccc21. The Hall–Kier alpha value is -2.57. The molecule has 0 aliphatic heterocycles. The fraction of sp³-hybridized carbons (Fsp3) is 0.308. The Morgan fingerprint density at radius 3 is 2.80 bits per heavy atom. The van der Waals surface area contributed by atoms with Gasteiger partial charge in [0.25, 0.3) is 0 Å². The minimum Gasteiger partial charge on any atom is -0.478 e. The number of hydrogen-bond acceptors (Lipinski definition) is 4. The summed E-state index contributed by atoms with van der Waals surface area (Å²) in [5.41, 5.74) is 0.866. The Bertz CT molecular complexity index is 713. The predicted octanol–water partition coefficient (Wildman–Crippen LogP) is 0.981. The highest BCUT2D eigenvalue weighted by atomic mass is 16.5. The molecule has 2 aromatic rings. The van der Waals surface area contributed by atoms with Gasteiger partial charge in [-0.3, -0.25) is 9.36 Å². The number of aromatic carboxylic acids is 1. The van der Waals surface area contributed by atoms with Crippen LogP contribution in [0.2, 0.25) is 0 Å². The molecule has 0 radical (unpaired) electrons. The van der Waals surface area contributed by atoms with Crippen LogP contribution in [0.1, 0.15) is 23.2 Å². The van der Waals surface area contributed by atoms with Gasteiger partial charge in [-0.1, -0.05) is 0 Å². The highest BCUT2D eigenvalue weighted by Gasteiger charge is 2.10. The molecule has 106 valence electrons. The summed E-state index contributed by atoms with van der Waals surface area (Å²) in [4.78, 5) is 36.3. The lowest BCUT2D eigenvalue weighted by atomic mass is 10.2. The number of nitrogens with one attached hydrogen (secondary N) is 1. The molecule has 0 unspecified atom stereocenters. The highest BCUT2D eigenvalue weighted by molar-refractivity contribution is 5.92. The Morgan fingerprint density at radius 1 is 1.40 bits per heavy atom. The number of benzene rings is 1. The largest absolute Gasteiger partial charge is 0.478 e. The molecule has 1 aromatic carbocycles. The number of aryl methyl sites for hydroxylation is 1. The van der Waals surface area contributed by atoms with Crippen LogP contribution in [0.4, 0.5) is 0 Å². The molecule has 0 aliphatic rings. The lowest BCUT2D eigenvalue weighted by Gasteiger charge is -2.03. The minimum atomic E-state index is -1.05. The number of carbonyl (C=O) groups is 2. The Balaban J connectivity index is 2.25. The number of rotatable bonds is 5. The van der Waals surface area contributed by atoms with Crippen molar-refractivity contribution < 1.29 is 19.4 Å². The number of carboxylic acid groups (broad SMARTS) is 1. The summed E-state index contributed by atoms with van der Waals surface area (Å²) in [6, 6.07) is 4.43. The maximum Gasteiger partial charge on any atom is 0.335 e. The molecule has 7 nitrogen and oxygen atoms in total. The number of hydrogen-bond donors (Lipinski definition) is 2. The van der Waals surface area contributed by atoms with Crippen LogP contribution in [0.25, 0.3) is 11.0 Å². The van der Waals surface area contributed by atoms with Crippen molar-refractivity contribution in [2.24, 2.45) is 0 Å². The third-order valence-electron chi connectivity index (χ3n) is 3.01. The fourth-order valence-corrected chi connectivity index (χ4v) is 2.00. The van der Waals surface area contributed by atoms with Crippen molar-refractivity contribution in [3.63, 3.8) is 0 Å². The smallest absolute Gasteiger partial charge is 0.335 e. The van der Waals surface area contributed by atoms with E-state index in [0.717, 1.165) is 0 Å². The average molecular weight is 278 g/mol. The topological polar surface area (TPSA) is 101 Å². The summed E-state index contributed by atoms with van der Waals surface area (Å²) < 4.78 is 6.01.